The van der Waals surface area contributed by atoms with Crippen LogP contribution < -0.4 is 10.8 Å². The molecule has 24 heavy (non-hydrogen) atoms. The van der Waals surface area contributed by atoms with Gasteiger partial charge in [-0.25, -0.2) is 4.79 Å². The lowest BCUT2D eigenvalue weighted by molar-refractivity contribution is -0.142. The first-order valence-corrected chi connectivity index (χ1v) is 7.40. The van der Waals surface area contributed by atoms with Gasteiger partial charge in [-0.2, -0.15) is 0 Å². The van der Waals surface area contributed by atoms with Crippen LogP contribution in [0.25, 0.3) is 0 Å². The summed E-state index contributed by atoms with van der Waals surface area (Å²) in [4.78, 5) is 24.2. The molecule has 0 fully saturated rings. The summed E-state index contributed by atoms with van der Waals surface area (Å²) in [5, 5.41) is 20.8. The topological polar surface area (TPSA) is 95.9 Å². The number of hydrogen-bond donors (Lipinski definition) is 3. The standard InChI is InChI=1S/C17H18BNO5/c1-24-17(21)15(11-12-5-3-2-4-6-12)19-16(20)13-7-9-14(10-8-13)18(22)23/h2-10,15,22-23H,11H2,1H3,(H,19,20)/t15-/m0/s1. The van der Waals surface area contributed by atoms with Crippen LogP contribution in [0.2, 0.25) is 0 Å². The van der Waals surface area contributed by atoms with Crippen molar-refractivity contribution >= 4 is 24.5 Å². The fourth-order valence-electron chi connectivity index (χ4n) is 2.23. The van der Waals surface area contributed by atoms with Gasteiger partial charge in [0.1, 0.15) is 6.04 Å². The average Bonchev–Trinajstić information content (AvgIpc) is 2.61. The van der Waals surface area contributed by atoms with E-state index in [0.29, 0.717) is 12.0 Å². The highest BCUT2D eigenvalue weighted by molar-refractivity contribution is 6.58. The molecule has 124 valence electrons. The normalized spacial score (nSPS) is 11.5. The number of methoxy groups -OCH3 is 1. The van der Waals surface area contributed by atoms with E-state index in [0.717, 1.165) is 5.56 Å². The molecular weight excluding hydrogens is 309 g/mol. The summed E-state index contributed by atoms with van der Waals surface area (Å²) >= 11 is 0. The lowest BCUT2D eigenvalue weighted by Gasteiger charge is -2.17. The minimum Gasteiger partial charge on any atom is -0.467 e. The number of esters is 1. The van der Waals surface area contributed by atoms with Gasteiger partial charge in [0.05, 0.1) is 7.11 Å². The van der Waals surface area contributed by atoms with E-state index in [1.54, 1.807) is 0 Å². The molecule has 0 bridgehead atoms. The van der Waals surface area contributed by atoms with Crippen LogP contribution in [-0.4, -0.2) is 42.2 Å². The Kier molecular flexibility index (Phi) is 6.11. The Morgan fingerprint density at radius 2 is 1.71 bits per heavy atom. The molecule has 2 rings (SSSR count). The van der Waals surface area contributed by atoms with Gasteiger partial charge in [-0.1, -0.05) is 42.5 Å². The minimum absolute atomic E-state index is 0.278. The first-order chi connectivity index (χ1) is 11.5. The van der Waals surface area contributed by atoms with Crippen LogP contribution in [-0.2, 0) is 16.0 Å². The molecule has 0 heterocycles. The predicted molar refractivity (Wildman–Crippen MR) is 89.7 cm³/mol. The molecule has 1 atom stereocenters. The second-order valence-electron chi connectivity index (χ2n) is 5.23. The summed E-state index contributed by atoms with van der Waals surface area (Å²) in [6, 6.07) is 14.3. The number of nitrogens with one attached hydrogen (secondary N) is 1. The monoisotopic (exact) mass is 327 g/mol. The maximum atomic E-state index is 12.3. The van der Waals surface area contributed by atoms with Crippen molar-refractivity contribution in [1.29, 1.82) is 0 Å². The van der Waals surface area contributed by atoms with Crippen LogP contribution in [0.3, 0.4) is 0 Å². The van der Waals surface area contributed by atoms with E-state index < -0.39 is 25.0 Å². The molecule has 1 amide bonds. The number of hydrogen-bond acceptors (Lipinski definition) is 5. The zero-order valence-electron chi connectivity index (χ0n) is 13.2. The second kappa shape index (κ2) is 8.28. The Hall–Kier alpha value is -2.64. The molecule has 0 saturated carbocycles. The van der Waals surface area contributed by atoms with Crippen LogP contribution >= 0.6 is 0 Å². The van der Waals surface area contributed by atoms with Gasteiger partial charge < -0.3 is 20.1 Å². The molecule has 0 saturated heterocycles. The van der Waals surface area contributed by atoms with Gasteiger partial charge in [0.15, 0.2) is 0 Å². The summed E-state index contributed by atoms with van der Waals surface area (Å²) in [7, 11) is -0.327. The van der Waals surface area contributed by atoms with Gasteiger partial charge in [0.25, 0.3) is 5.91 Å². The fourth-order valence-corrected chi connectivity index (χ4v) is 2.23. The van der Waals surface area contributed by atoms with E-state index in [1.807, 2.05) is 30.3 Å². The van der Waals surface area contributed by atoms with E-state index in [-0.39, 0.29) is 5.46 Å². The highest BCUT2D eigenvalue weighted by Crippen LogP contribution is 2.06. The molecule has 0 aromatic heterocycles. The van der Waals surface area contributed by atoms with Gasteiger partial charge in [-0.05, 0) is 23.2 Å². The number of rotatable bonds is 6. The van der Waals surface area contributed by atoms with Gasteiger partial charge in [0, 0.05) is 12.0 Å². The Balaban J connectivity index is 2.10. The van der Waals surface area contributed by atoms with E-state index >= 15 is 0 Å². The number of ether oxygens (including phenoxy) is 1. The SMILES string of the molecule is COC(=O)[C@H](Cc1ccccc1)NC(=O)c1ccc(B(O)O)cc1. The molecule has 0 unspecified atom stereocenters. The summed E-state index contributed by atoms with van der Waals surface area (Å²) in [5.74, 6) is -0.977. The second-order valence-corrected chi connectivity index (χ2v) is 5.23. The third-order valence-corrected chi connectivity index (χ3v) is 3.54. The molecule has 2 aromatic carbocycles. The summed E-state index contributed by atoms with van der Waals surface area (Å²) in [6.07, 6.45) is 0.312. The van der Waals surface area contributed by atoms with Crippen LogP contribution in [0.1, 0.15) is 15.9 Å². The van der Waals surface area contributed by atoms with Gasteiger partial charge >= 0.3 is 13.1 Å². The lowest BCUT2D eigenvalue weighted by atomic mass is 9.80. The van der Waals surface area contributed by atoms with Crippen LogP contribution in [0, 0.1) is 0 Å². The highest BCUT2D eigenvalue weighted by Gasteiger charge is 2.22. The minimum atomic E-state index is -1.59. The van der Waals surface area contributed by atoms with Crippen molar-refractivity contribution in [3.05, 3.63) is 65.7 Å². The Morgan fingerprint density at radius 3 is 2.25 bits per heavy atom. The van der Waals surface area contributed by atoms with Crippen molar-refractivity contribution in [2.45, 2.75) is 12.5 Å². The summed E-state index contributed by atoms with van der Waals surface area (Å²) < 4.78 is 4.75. The zero-order valence-corrected chi connectivity index (χ0v) is 13.2. The van der Waals surface area contributed by atoms with E-state index in [1.165, 1.54) is 31.4 Å². The smallest absolute Gasteiger partial charge is 0.467 e. The Labute approximate surface area is 140 Å². The molecule has 7 heteroatoms. The molecule has 0 spiro atoms. The van der Waals surface area contributed by atoms with Crippen molar-refractivity contribution in [2.75, 3.05) is 7.11 Å². The number of amides is 1. The van der Waals surface area contributed by atoms with Crippen molar-refractivity contribution in [3.63, 3.8) is 0 Å². The van der Waals surface area contributed by atoms with E-state index in [4.69, 9.17) is 14.8 Å². The van der Waals surface area contributed by atoms with Crippen LogP contribution in [0.4, 0.5) is 0 Å². The average molecular weight is 327 g/mol. The molecule has 0 aliphatic rings. The van der Waals surface area contributed by atoms with E-state index in [2.05, 4.69) is 5.32 Å². The molecule has 6 nitrogen and oxygen atoms in total. The van der Waals surface area contributed by atoms with Gasteiger partial charge in [0.2, 0.25) is 0 Å². The molecule has 2 aromatic rings. The van der Waals surface area contributed by atoms with Crippen LogP contribution in [0.15, 0.2) is 54.6 Å². The predicted octanol–water partition coefficient (Wildman–Crippen LogP) is -0.120. The maximum absolute atomic E-state index is 12.3. The van der Waals surface area contributed by atoms with Crippen molar-refractivity contribution in [1.82, 2.24) is 5.32 Å². The maximum Gasteiger partial charge on any atom is 0.488 e. The quantitative estimate of drug-likeness (QED) is 0.508. The van der Waals surface area contributed by atoms with Crippen molar-refractivity contribution < 1.29 is 24.4 Å². The fraction of sp³-hybridized carbons (Fsp3) is 0.176. The molecule has 0 aliphatic heterocycles. The molecule has 3 N–H and O–H groups in total. The Morgan fingerprint density at radius 1 is 1.08 bits per heavy atom. The molecular formula is C17H18BNO5. The van der Waals surface area contributed by atoms with Gasteiger partial charge in [-0.3, -0.25) is 4.79 Å². The largest absolute Gasteiger partial charge is 0.488 e. The third-order valence-electron chi connectivity index (χ3n) is 3.54. The van der Waals surface area contributed by atoms with Crippen molar-refractivity contribution in [3.8, 4) is 0 Å². The lowest BCUT2D eigenvalue weighted by Crippen LogP contribution is -2.43. The van der Waals surface area contributed by atoms with Crippen molar-refractivity contribution in [2.24, 2.45) is 0 Å². The molecule has 0 radical (unpaired) electrons. The Bertz CT molecular complexity index is 688. The number of carbonyl (C=O) groups is 2. The van der Waals surface area contributed by atoms with E-state index in [9.17, 15) is 9.59 Å². The van der Waals surface area contributed by atoms with Gasteiger partial charge in [-0.15, -0.1) is 0 Å². The summed E-state index contributed by atoms with van der Waals surface area (Å²) in [6.45, 7) is 0. The summed E-state index contributed by atoms with van der Waals surface area (Å²) in [5.41, 5.74) is 1.48. The first kappa shape index (κ1) is 17.7. The highest BCUT2D eigenvalue weighted by atomic mass is 16.5. The number of carbonyl (C=O) groups excluding carboxylic acids is 2. The zero-order chi connectivity index (χ0) is 17.5. The molecule has 0 aliphatic carbocycles. The first-order valence-electron chi connectivity index (χ1n) is 7.40. The number of benzene rings is 2. The van der Waals surface area contributed by atoms with Crippen LogP contribution in [0.5, 0.6) is 0 Å². The third kappa shape index (κ3) is 4.68.